The summed E-state index contributed by atoms with van der Waals surface area (Å²) in [5, 5.41) is 2.53. The first-order valence-electron chi connectivity index (χ1n) is 7.98. The van der Waals surface area contributed by atoms with E-state index < -0.39 is 23.1 Å². The molecular formula is C17H22F3N3O2. The predicted octanol–water partition coefficient (Wildman–Crippen LogP) is 2.44. The summed E-state index contributed by atoms with van der Waals surface area (Å²) in [5.74, 6) is -0.832. The third-order valence-corrected chi connectivity index (χ3v) is 4.36. The van der Waals surface area contributed by atoms with Gasteiger partial charge in [0, 0.05) is 31.9 Å². The van der Waals surface area contributed by atoms with Crippen LogP contribution in [0.25, 0.3) is 0 Å². The lowest BCUT2D eigenvalue weighted by atomic mass is 9.89. The number of halogens is 3. The molecule has 1 aromatic carbocycles. The molecule has 1 saturated heterocycles. The molecule has 1 N–H and O–H groups in total. The second-order valence-electron chi connectivity index (χ2n) is 6.75. The maximum atomic E-state index is 12.6. The zero-order valence-corrected chi connectivity index (χ0v) is 14.5. The highest BCUT2D eigenvalue weighted by molar-refractivity contribution is 6.09. The Morgan fingerprint density at radius 1 is 1.00 bits per heavy atom. The van der Waals surface area contributed by atoms with Gasteiger partial charge in [-0.1, -0.05) is 0 Å². The van der Waals surface area contributed by atoms with E-state index in [2.05, 4.69) is 10.2 Å². The van der Waals surface area contributed by atoms with Gasteiger partial charge in [-0.2, -0.15) is 13.2 Å². The quantitative estimate of drug-likeness (QED) is 0.846. The van der Waals surface area contributed by atoms with Gasteiger partial charge in [-0.15, -0.1) is 0 Å². The van der Waals surface area contributed by atoms with Gasteiger partial charge in [-0.25, -0.2) is 0 Å². The number of carbonyl (C=O) groups excluding carboxylic acids is 2. The van der Waals surface area contributed by atoms with Crippen molar-refractivity contribution in [1.82, 2.24) is 9.80 Å². The van der Waals surface area contributed by atoms with Crippen LogP contribution in [0, 0.1) is 5.41 Å². The van der Waals surface area contributed by atoms with Crippen LogP contribution in [-0.2, 0) is 15.8 Å². The van der Waals surface area contributed by atoms with Gasteiger partial charge in [0.15, 0.2) is 0 Å². The van der Waals surface area contributed by atoms with E-state index in [9.17, 15) is 22.8 Å². The molecule has 1 aliphatic rings. The van der Waals surface area contributed by atoms with E-state index >= 15 is 0 Å². The molecule has 0 unspecified atom stereocenters. The molecule has 138 valence electrons. The number of carbonyl (C=O) groups is 2. The topological polar surface area (TPSA) is 52.7 Å². The fourth-order valence-corrected chi connectivity index (χ4v) is 2.53. The van der Waals surface area contributed by atoms with Crippen molar-refractivity contribution < 1.29 is 22.8 Å². The van der Waals surface area contributed by atoms with Gasteiger partial charge in [0.1, 0.15) is 5.41 Å². The Morgan fingerprint density at radius 2 is 1.52 bits per heavy atom. The van der Waals surface area contributed by atoms with E-state index in [0.29, 0.717) is 13.1 Å². The molecule has 0 aliphatic carbocycles. The second-order valence-corrected chi connectivity index (χ2v) is 6.75. The predicted molar refractivity (Wildman–Crippen MR) is 87.9 cm³/mol. The zero-order valence-electron chi connectivity index (χ0n) is 14.5. The molecule has 1 heterocycles. The first kappa shape index (κ1) is 19.2. The molecule has 25 heavy (non-hydrogen) atoms. The van der Waals surface area contributed by atoms with Crippen molar-refractivity contribution in [3.8, 4) is 0 Å². The molecule has 0 saturated carbocycles. The highest BCUT2D eigenvalue weighted by atomic mass is 19.4. The average Bonchev–Trinajstić information content (AvgIpc) is 2.54. The summed E-state index contributed by atoms with van der Waals surface area (Å²) in [4.78, 5) is 28.9. The van der Waals surface area contributed by atoms with E-state index in [1.807, 2.05) is 7.05 Å². The van der Waals surface area contributed by atoms with Crippen LogP contribution in [0.3, 0.4) is 0 Å². The Morgan fingerprint density at radius 3 is 2.00 bits per heavy atom. The van der Waals surface area contributed by atoms with Crippen LogP contribution >= 0.6 is 0 Å². The number of piperazine rings is 1. The smallest absolute Gasteiger partial charge is 0.339 e. The van der Waals surface area contributed by atoms with Crippen LogP contribution in [0.2, 0.25) is 0 Å². The Balaban J connectivity index is 2.04. The molecular weight excluding hydrogens is 335 g/mol. The van der Waals surface area contributed by atoms with Gasteiger partial charge < -0.3 is 15.1 Å². The fourth-order valence-electron chi connectivity index (χ4n) is 2.53. The van der Waals surface area contributed by atoms with E-state index in [-0.39, 0.29) is 11.6 Å². The van der Waals surface area contributed by atoms with Crippen molar-refractivity contribution in [3.63, 3.8) is 0 Å². The normalized spacial score (nSPS) is 16.6. The standard InChI is InChI=1S/C17H22F3N3O2/c1-16(2,15(25)23-10-8-22(3)9-11-23)14(24)21-13-6-4-12(5-7-13)17(18,19)20/h4-7H,8-11H2,1-3H3,(H,21,24). The van der Waals surface area contributed by atoms with Crippen LogP contribution in [0.4, 0.5) is 18.9 Å². The van der Waals surface area contributed by atoms with E-state index in [1.54, 1.807) is 4.90 Å². The van der Waals surface area contributed by atoms with Gasteiger partial charge in [0.05, 0.1) is 5.56 Å². The molecule has 0 radical (unpaired) electrons. The van der Waals surface area contributed by atoms with Crippen LogP contribution in [-0.4, -0.2) is 54.8 Å². The number of alkyl halides is 3. The molecule has 0 aromatic heterocycles. The molecule has 0 spiro atoms. The summed E-state index contributed by atoms with van der Waals surface area (Å²) in [7, 11) is 1.96. The number of amides is 2. The lowest BCUT2D eigenvalue weighted by molar-refractivity contribution is -0.147. The first-order chi connectivity index (χ1) is 11.5. The van der Waals surface area contributed by atoms with Crippen molar-refractivity contribution in [2.24, 2.45) is 5.41 Å². The number of nitrogens with zero attached hydrogens (tertiary/aromatic N) is 2. The molecule has 1 fully saturated rings. The zero-order chi connectivity index (χ0) is 18.8. The number of anilines is 1. The monoisotopic (exact) mass is 357 g/mol. The maximum absolute atomic E-state index is 12.6. The Labute approximate surface area is 144 Å². The van der Waals surface area contributed by atoms with Gasteiger partial charge in [-0.05, 0) is 45.2 Å². The molecule has 1 aliphatic heterocycles. The lowest BCUT2D eigenvalue weighted by Crippen LogP contribution is -2.53. The van der Waals surface area contributed by atoms with Crippen LogP contribution in [0.1, 0.15) is 19.4 Å². The maximum Gasteiger partial charge on any atom is 0.416 e. The first-order valence-corrected chi connectivity index (χ1v) is 7.98. The molecule has 0 atom stereocenters. The van der Waals surface area contributed by atoms with Gasteiger partial charge in [0.2, 0.25) is 11.8 Å². The van der Waals surface area contributed by atoms with E-state index in [0.717, 1.165) is 25.2 Å². The minimum Gasteiger partial charge on any atom is -0.339 e. The van der Waals surface area contributed by atoms with Crippen LogP contribution in [0.5, 0.6) is 0 Å². The molecule has 1 aromatic rings. The number of hydrogen-bond acceptors (Lipinski definition) is 3. The third-order valence-electron chi connectivity index (χ3n) is 4.36. The summed E-state index contributed by atoms with van der Waals surface area (Å²) in [6.07, 6.45) is -4.43. The number of rotatable bonds is 3. The lowest BCUT2D eigenvalue weighted by Gasteiger charge is -2.36. The summed E-state index contributed by atoms with van der Waals surface area (Å²) >= 11 is 0. The largest absolute Gasteiger partial charge is 0.416 e. The SMILES string of the molecule is CN1CCN(C(=O)C(C)(C)C(=O)Nc2ccc(C(F)(F)F)cc2)CC1. The van der Waals surface area contributed by atoms with Gasteiger partial charge in [0.25, 0.3) is 0 Å². The number of likely N-dealkylation sites (N-methyl/N-ethyl adjacent to an activating group) is 1. The molecule has 5 nitrogen and oxygen atoms in total. The fraction of sp³-hybridized carbons (Fsp3) is 0.529. The Bertz CT molecular complexity index is 634. The Hall–Kier alpha value is -2.09. The van der Waals surface area contributed by atoms with Crippen molar-refractivity contribution in [1.29, 1.82) is 0 Å². The number of nitrogens with one attached hydrogen (secondary N) is 1. The van der Waals surface area contributed by atoms with Crippen LogP contribution in [0.15, 0.2) is 24.3 Å². The van der Waals surface area contributed by atoms with E-state index in [1.165, 1.54) is 26.0 Å². The van der Waals surface area contributed by atoms with Crippen molar-refractivity contribution >= 4 is 17.5 Å². The van der Waals surface area contributed by atoms with E-state index in [4.69, 9.17) is 0 Å². The van der Waals surface area contributed by atoms with Gasteiger partial charge in [-0.3, -0.25) is 9.59 Å². The van der Waals surface area contributed by atoms with Gasteiger partial charge >= 0.3 is 6.18 Å². The Kier molecular flexibility index (Phi) is 5.41. The molecule has 2 rings (SSSR count). The molecule has 8 heteroatoms. The minimum atomic E-state index is -4.43. The van der Waals surface area contributed by atoms with Crippen LogP contribution < -0.4 is 5.32 Å². The molecule has 2 amide bonds. The number of hydrogen-bond donors (Lipinski definition) is 1. The summed E-state index contributed by atoms with van der Waals surface area (Å²) in [6.45, 7) is 5.61. The average molecular weight is 357 g/mol. The molecule has 0 bridgehead atoms. The van der Waals surface area contributed by atoms with Crippen molar-refractivity contribution in [3.05, 3.63) is 29.8 Å². The number of benzene rings is 1. The second kappa shape index (κ2) is 7.03. The van der Waals surface area contributed by atoms with Crippen molar-refractivity contribution in [2.75, 3.05) is 38.5 Å². The highest BCUT2D eigenvalue weighted by Gasteiger charge is 2.40. The summed E-state index contributed by atoms with van der Waals surface area (Å²) in [6, 6.07) is 4.14. The minimum absolute atomic E-state index is 0.220. The summed E-state index contributed by atoms with van der Waals surface area (Å²) in [5.41, 5.74) is -1.88. The highest BCUT2D eigenvalue weighted by Crippen LogP contribution is 2.30. The van der Waals surface area contributed by atoms with Crippen molar-refractivity contribution in [2.45, 2.75) is 20.0 Å². The summed E-state index contributed by atoms with van der Waals surface area (Å²) < 4.78 is 37.7. The third kappa shape index (κ3) is 4.50.